The summed E-state index contributed by atoms with van der Waals surface area (Å²) < 4.78 is 38.6. The molecule has 0 spiro atoms. The average molecular weight is 335 g/mol. The van der Waals surface area contributed by atoms with Gasteiger partial charge in [0.05, 0.1) is 5.56 Å². The van der Waals surface area contributed by atoms with Crippen molar-refractivity contribution in [1.82, 2.24) is 4.90 Å². The summed E-state index contributed by atoms with van der Waals surface area (Å²) in [5.74, 6) is -0.662. The Labute approximate surface area is 139 Å². The number of nitrogens with zero attached hydrogens (tertiary/aromatic N) is 1. The fourth-order valence-corrected chi connectivity index (χ4v) is 2.66. The van der Waals surface area contributed by atoms with Crippen molar-refractivity contribution in [3.05, 3.63) is 71.3 Å². The molecule has 2 rings (SSSR count). The molecular formula is C19H20F3NO. The van der Waals surface area contributed by atoms with Crippen LogP contribution in [0.3, 0.4) is 0 Å². The first-order valence-electron chi connectivity index (χ1n) is 7.67. The van der Waals surface area contributed by atoms with Crippen LogP contribution in [0.4, 0.5) is 13.2 Å². The van der Waals surface area contributed by atoms with E-state index in [0.29, 0.717) is 13.0 Å². The lowest BCUT2D eigenvalue weighted by molar-refractivity contribution is -0.137. The molecule has 2 nitrogen and oxygen atoms in total. The third-order valence-electron chi connectivity index (χ3n) is 3.76. The van der Waals surface area contributed by atoms with Gasteiger partial charge >= 0.3 is 6.18 Å². The highest BCUT2D eigenvalue weighted by Gasteiger charge is 2.31. The minimum absolute atomic E-state index is 0.104. The normalized spacial score (nSPS) is 13.1. The number of hydrogen-bond acceptors (Lipinski definition) is 2. The predicted octanol–water partition coefficient (Wildman–Crippen LogP) is 4.31. The molecule has 0 bridgehead atoms. The molecule has 0 aliphatic rings. The van der Waals surface area contributed by atoms with Crippen LogP contribution in [-0.4, -0.2) is 31.3 Å². The third kappa shape index (κ3) is 4.93. The molecule has 1 atom stereocenters. The van der Waals surface area contributed by atoms with E-state index in [-0.39, 0.29) is 11.3 Å². The number of carbonyl (C=O) groups excluding carboxylic acids is 1. The lowest BCUT2D eigenvalue weighted by Crippen LogP contribution is -2.30. The first-order valence-corrected chi connectivity index (χ1v) is 7.67. The second kappa shape index (κ2) is 7.62. The second-order valence-corrected chi connectivity index (χ2v) is 6.09. The molecule has 2 aromatic rings. The lowest BCUT2D eigenvalue weighted by Gasteiger charge is -2.20. The molecule has 5 heteroatoms. The molecular weight excluding hydrogens is 315 g/mol. The molecule has 0 saturated carbocycles. The zero-order valence-corrected chi connectivity index (χ0v) is 13.7. The number of Topliss-reactive ketones (excluding diaryl/α,β-unsaturated/α-hetero) is 1. The molecule has 0 saturated heterocycles. The van der Waals surface area contributed by atoms with Gasteiger partial charge in [-0.3, -0.25) is 4.79 Å². The van der Waals surface area contributed by atoms with E-state index in [1.54, 1.807) is 0 Å². The van der Waals surface area contributed by atoms with E-state index in [4.69, 9.17) is 0 Å². The fraction of sp³-hybridized carbons (Fsp3) is 0.316. The van der Waals surface area contributed by atoms with Gasteiger partial charge < -0.3 is 4.90 Å². The van der Waals surface area contributed by atoms with Crippen LogP contribution in [0.2, 0.25) is 0 Å². The van der Waals surface area contributed by atoms with E-state index in [2.05, 4.69) is 0 Å². The summed E-state index contributed by atoms with van der Waals surface area (Å²) in [4.78, 5) is 14.6. The molecule has 0 aromatic heterocycles. The Bertz CT molecular complexity index is 681. The summed E-state index contributed by atoms with van der Waals surface area (Å²) in [6.45, 7) is 0.476. The van der Waals surface area contributed by atoms with Crippen molar-refractivity contribution in [3.63, 3.8) is 0 Å². The molecule has 0 fully saturated rings. The van der Waals surface area contributed by atoms with Crippen molar-refractivity contribution in [2.75, 3.05) is 20.6 Å². The Morgan fingerprint density at radius 2 is 1.71 bits per heavy atom. The number of rotatable bonds is 6. The van der Waals surface area contributed by atoms with Crippen molar-refractivity contribution in [1.29, 1.82) is 0 Å². The summed E-state index contributed by atoms with van der Waals surface area (Å²) in [6.07, 6.45) is -3.96. The maximum absolute atomic E-state index is 12.9. The Balaban J connectivity index is 2.27. The largest absolute Gasteiger partial charge is 0.416 e. The van der Waals surface area contributed by atoms with Gasteiger partial charge in [-0.05, 0) is 38.2 Å². The Morgan fingerprint density at radius 1 is 1.04 bits per heavy atom. The van der Waals surface area contributed by atoms with Crippen LogP contribution in [0.5, 0.6) is 0 Å². The molecule has 0 unspecified atom stereocenters. The maximum Gasteiger partial charge on any atom is 0.416 e. The second-order valence-electron chi connectivity index (χ2n) is 6.09. The van der Waals surface area contributed by atoms with E-state index < -0.39 is 17.7 Å². The van der Waals surface area contributed by atoms with Gasteiger partial charge in [0, 0.05) is 18.0 Å². The number of hydrogen-bond donors (Lipinski definition) is 0. The van der Waals surface area contributed by atoms with E-state index in [1.165, 1.54) is 12.1 Å². The standard InChI is InChI=1S/C19H20F3NO/c1-23(2)13-16(11-14-7-4-3-5-8-14)18(24)15-9-6-10-17(12-15)19(20,21)22/h3-10,12,16H,11,13H2,1-2H3/t16-/m0/s1. The van der Waals surface area contributed by atoms with Crippen molar-refractivity contribution in [2.24, 2.45) is 5.92 Å². The molecule has 0 radical (unpaired) electrons. The van der Waals surface area contributed by atoms with Gasteiger partial charge in [-0.1, -0.05) is 42.5 Å². The molecule has 24 heavy (non-hydrogen) atoms. The van der Waals surface area contributed by atoms with Crippen LogP contribution in [-0.2, 0) is 12.6 Å². The lowest BCUT2D eigenvalue weighted by atomic mass is 9.90. The summed E-state index contributed by atoms with van der Waals surface area (Å²) in [5.41, 5.74) is 0.300. The van der Waals surface area contributed by atoms with E-state index in [9.17, 15) is 18.0 Å². The summed E-state index contributed by atoms with van der Waals surface area (Å²) in [7, 11) is 3.69. The zero-order chi connectivity index (χ0) is 17.7. The van der Waals surface area contributed by atoms with Gasteiger partial charge in [-0.15, -0.1) is 0 Å². The smallest absolute Gasteiger partial charge is 0.309 e. The van der Waals surface area contributed by atoms with Crippen molar-refractivity contribution < 1.29 is 18.0 Å². The summed E-state index contributed by atoms with van der Waals surface area (Å²) in [6, 6.07) is 14.2. The molecule has 0 amide bonds. The molecule has 0 aliphatic carbocycles. The van der Waals surface area contributed by atoms with E-state index in [1.807, 2.05) is 49.3 Å². The highest BCUT2D eigenvalue weighted by atomic mass is 19.4. The van der Waals surface area contributed by atoms with Crippen LogP contribution in [0.25, 0.3) is 0 Å². The Hall–Kier alpha value is -2.14. The van der Waals surface area contributed by atoms with Crippen LogP contribution < -0.4 is 0 Å². The number of carbonyl (C=O) groups is 1. The topological polar surface area (TPSA) is 20.3 Å². The summed E-state index contributed by atoms with van der Waals surface area (Å²) in [5, 5.41) is 0. The number of ketones is 1. The molecule has 2 aromatic carbocycles. The van der Waals surface area contributed by atoms with Gasteiger partial charge in [-0.2, -0.15) is 13.2 Å². The highest BCUT2D eigenvalue weighted by Crippen LogP contribution is 2.30. The quantitative estimate of drug-likeness (QED) is 0.733. The number of benzene rings is 2. The van der Waals surface area contributed by atoms with Crippen LogP contribution in [0, 0.1) is 5.92 Å². The van der Waals surface area contributed by atoms with Crippen LogP contribution in [0.1, 0.15) is 21.5 Å². The minimum Gasteiger partial charge on any atom is -0.309 e. The number of alkyl halides is 3. The third-order valence-corrected chi connectivity index (χ3v) is 3.76. The zero-order valence-electron chi connectivity index (χ0n) is 13.7. The molecule has 128 valence electrons. The Kier molecular flexibility index (Phi) is 5.78. The van der Waals surface area contributed by atoms with Crippen LogP contribution in [0.15, 0.2) is 54.6 Å². The van der Waals surface area contributed by atoms with Gasteiger partial charge in [0.25, 0.3) is 0 Å². The van der Waals surface area contributed by atoms with E-state index in [0.717, 1.165) is 17.7 Å². The maximum atomic E-state index is 12.9. The predicted molar refractivity (Wildman–Crippen MR) is 88.0 cm³/mol. The van der Waals surface area contributed by atoms with Gasteiger partial charge in [0.1, 0.15) is 0 Å². The van der Waals surface area contributed by atoms with Crippen molar-refractivity contribution in [2.45, 2.75) is 12.6 Å². The van der Waals surface area contributed by atoms with Gasteiger partial charge in [0.2, 0.25) is 0 Å². The average Bonchev–Trinajstić information content (AvgIpc) is 2.53. The van der Waals surface area contributed by atoms with Crippen molar-refractivity contribution >= 4 is 5.78 Å². The number of halogens is 3. The van der Waals surface area contributed by atoms with Crippen LogP contribution >= 0.6 is 0 Å². The monoisotopic (exact) mass is 335 g/mol. The SMILES string of the molecule is CN(C)C[C@H](Cc1ccccc1)C(=O)c1cccc(C(F)(F)F)c1. The molecule has 0 N–H and O–H groups in total. The minimum atomic E-state index is -4.45. The van der Waals surface area contributed by atoms with E-state index >= 15 is 0 Å². The summed E-state index contributed by atoms with van der Waals surface area (Å²) >= 11 is 0. The Morgan fingerprint density at radius 3 is 2.29 bits per heavy atom. The van der Waals surface area contributed by atoms with Gasteiger partial charge in [-0.25, -0.2) is 0 Å². The van der Waals surface area contributed by atoms with Crippen molar-refractivity contribution in [3.8, 4) is 0 Å². The first-order chi connectivity index (χ1) is 11.3. The fourth-order valence-electron chi connectivity index (χ4n) is 2.66. The first kappa shape index (κ1) is 18.2. The van der Waals surface area contributed by atoms with Gasteiger partial charge in [0.15, 0.2) is 5.78 Å². The highest BCUT2D eigenvalue weighted by molar-refractivity contribution is 5.98. The molecule has 0 heterocycles. The molecule has 0 aliphatic heterocycles.